The second-order valence-electron chi connectivity index (χ2n) is 3.80. The Balaban J connectivity index is 2.01. The van der Waals surface area contributed by atoms with Crippen molar-refractivity contribution in [3.8, 4) is 23.3 Å². The summed E-state index contributed by atoms with van der Waals surface area (Å²) in [7, 11) is 0. The lowest BCUT2D eigenvalue weighted by molar-refractivity contribution is 0.304. The van der Waals surface area contributed by atoms with E-state index in [-0.39, 0.29) is 5.75 Å². The van der Waals surface area contributed by atoms with E-state index in [0.29, 0.717) is 18.2 Å². The maximum absolute atomic E-state index is 9.18. The maximum atomic E-state index is 9.18. The van der Waals surface area contributed by atoms with E-state index >= 15 is 0 Å². The SMILES string of the molecule is Oc1ccc(COc2cncc(C#CCCl)c2)cc1. The Labute approximate surface area is 116 Å². The van der Waals surface area contributed by atoms with Crippen LogP contribution in [-0.2, 0) is 6.61 Å². The zero-order valence-electron chi connectivity index (χ0n) is 10.1. The second kappa shape index (κ2) is 6.67. The Morgan fingerprint density at radius 3 is 2.74 bits per heavy atom. The molecule has 1 aromatic heterocycles. The predicted molar refractivity (Wildman–Crippen MR) is 74.3 cm³/mol. The van der Waals surface area contributed by atoms with Gasteiger partial charge in [0.2, 0.25) is 0 Å². The zero-order chi connectivity index (χ0) is 13.5. The molecule has 1 aromatic carbocycles. The Morgan fingerprint density at radius 1 is 1.21 bits per heavy atom. The number of pyridine rings is 1. The summed E-state index contributed by atoms with van der Waals surface area (Å²) in [6, 6.07) is 8.67. The highest BCUT2D eigenvalue weighted by molar-refractivity contribution is 6.19. The number of hydrogen-bond donors (Lipinski definition) is 1. The summed E-state index contributed by atoms with van der Waals surface area (Å²) in [5, 5.41) is 9.18. The molecular formula is C15H12ClNO2. The minimum Gasteiger partial charge on any atom is -0.508 e. The normalized spacial score (nSPS) is 9.53. The number of nitrogens with zero attached hydrogens (tertiary/aromatic N) is 1. The fourth-order valence-electron chi connectivity index (χ4n) is 1.46. The first-order chi connectivity index (χ1) is 9.28. The number of halogens is 1. The highest BCUT2D eigenvalue weighted by Crippen LogP contribution is 2.14. The van der Waals surface area contributed by atoms with E-state index in [2.05, 4.69) is 16.8 Å². The molecule has 1 N–H and O–H groups in total. The Kier molecular flexibility index (Phi) is 4.66. The van der Waals surface area contributed by atoms with E-state index in [1.807, 2.05) is 6.07 Å². The number of rotatable bonds is 3. The van der Waals surface area contributed by atoms with Gasteiger partial charge in [0.15, 0.2) is 0 Å². The molecule has 19 heavy (non-hydrogen) atoms. The average Bonchev–Trinajstić information content (AvgIpc) is 2.45. The van der Waals surface area contributed by atoms with E-state index in [4.69, 9.17) is 16.3 Å². The molecule has 0 spiro atoms. The molecular weight excluding hydrogens is 262 g/mol. The molecule has 3 nitrogen and oxygen atoms in total. The van der Waals surface area contributed by atoms with E-state index in [1.165, 1.54) is 0 Å². The molecule has 0 atom stereocenters. The molecule has 4 heteroatoms. The number of aromatic hydroxyl groups is 1. The van der Waals surface area contributed by atoms with Gasteiger partial charge >= 0.3 is 0 Å². The van der Waals surface area contributed by atoms with Crippen LogP contribution in [0, 0.1) is 11.8 Å². The largest absolute Gasteiger partial charge is 0.508 e. The first kappa shape index (κ1) is 13.3. The number of hydrogen-bond acceptors (Lipinski definition) is 3. The average molecular weight is 274 g/mol. The van der Waals surface area contributed by atoms with Gasteiger partial charge in [-0.1, -0.05) is 24.0 Å². The number of benzene rings is 1. The standard InChI is InChI=1S/C15H12ClNO2/c16-7-1-2-13-8-15(10-17-9-13)19-11-12-3-5-14(18)6-4-12/h3-6,8-10,18H,7,11H2. The van der Waals surface area contributed by atoms with E-state index in [1.54, 1.807) is 36.7 Å². The van der Waals surface area contributed by atoms with Crippen molar-refractivity contribution in [2.75, 3.05) is 5.88 Å². The van der Waals surface area contributed by atoms with Crippen LogP contribution in [0.3, 0.4) is 0 Å². The molecule has 0 unspecified atom stereocenters. The topological polar surface area (TPSA) is 42.4 Å². The number of alkyl halides is 1. The summed E-state index contributed by atoms with van der Waals surface area (Å²) < 4.78 is 5.61. The molecule has 1 heterocycles. The van der Waals surface area contributed by atoms with Crippen LogP contribution in [0.25, 0.3) is 0 Å². The van der Waals surface area contributed by atoms with Crippen molar-refractivity contribution in [3.63, 3.8) is 0 Å². The highest BCUT2D eigenvalue weighted by atomic mass is 35.5. The van der Waals surface area contributed by atoms with Crippen LogP contribution in [0.1, 0.15) is 11.1 Å². The van der Waals surface area contributed by atoms with Crippen molar-refractivity contribution in [2.45, 2.75) is 6.61 Å². The van der Waals surface area contributed by atoms with E-state index < -0.39 is 0 Å². The first-order valence-electron chi connectivity index (χ1n) is 5.68. The molecule has 96 valence electrons. The van der Waals surface area contributed by atoms with Crippen molar-refractivity contribution in [2.24, 2.45) is 0 Å². The lowest BCUT2D eigenvalue weighted by Crippen LogP contribution is -1.96. The van der Waals surface area contributed by atoms with Crippen molar-refractivity contribution in [1.82, 2.24) is 4.98 Å². The van der Waals surface area contributed by atoms with Crippen LogP contribution >= 0.6 is 11.6 Å². The lowest BCUT2D eigenvalue weighted by Gasteiger charge is -2.06. The summed E-state index contributed by atoms with van der Waals surface area (Å²) >= 11 is 5.50. The lowest BCUT2D eigenvalue weighted by atomic mass is 10.2. The van der Waals surface area contributed by atoms with Crippen LogP contribution < -0.4 is 4.74 Å². The molecule has 2 rings (SSSR count). The molecule has 0 amide bonds. The highest BCUT2D eigenvalue weighted by Gasteiger charge is 1.98. The number of phenols is 1. The van der Waals surface area contributed by atoms with Crippen molar-refractivity contribution < 1.29 is 9.84 Å². The van der Waals surface area contributed by atoms with Gasteiger partial charge in [-0.2, -0.15) is 0 Å². The molecule has 0 aliphatic rings. The predicted octanol–water partition coefficient (Wildman–Crippen LogP) is 2.96. The summed E-state index contributed by atoms with van der Waals surface area (Å²) in [6.07, 6.45) is 3.29. The van der Waals surface area contributed by atoms with Crippen LogP contribution in [0.4, 0.5) is 0 Å². The Bertz CT molecular complexity index is 600. The monoisotopic (exact) mass is 273 g/mol. The van der Waals surface area contributed by atoms with Crippen LogP contribution in [0.15, 0.2) is 42.7 Å². The zero-order valence-corrected chi connectivity index (χ0v) is 10.9. The van der Waals surface area contributed by atoms with Gasteiger partial charge in [0.25, 0.3) is 0 Å². The van der Waals surface area contributed by atoms with Crippen LogP contribution in [-0.4, -0.2) is 16.0 Å². The summed E-state index contributed by atoms with van der Waals surface area (Å²) in [6.45, 7) is 0.411. The second-order valence-corrected chi connectivity index (χ2v) is 4.07. The molecule has 0 saturated carbocycles. The Hall–Kier alpha value is -2.18. The van der Waals surface area contributed by atoms with Gasteiger partial charge in [-0.25, -0.2) is 0 Å². The van der Waals surface area contributed by atoms with Crippen LogP contribution in [0.5, 0.6) is 11.5 Å². The molecule has 2 aromatic rings. The van der Waals surface area contributed by atoms with Crippen molar-refractivity contribution >= 4 is 11.6 Å². The summed E-state index contributed by atoms with van der Waals surface area (Å²) in [5.74, 6) is 6.82. The molecule has 0 radical (unpaired) electrons. The molecule has 0 aliphatic heterocycles. The molecule has 0 bridgehead atoms. The minimum atomic E-state index is 0.240. The van der Waals surface area contributed by atoms with Crippen molar-refractivity contribution in [3.05, 3.63) is 53.9 Å². The minimum absolute atomic E-state index is 0.240. The van der Waals surface area contributed by atoms with Crippen molar-refractivity contribution in [1.29, 1.82) is 0 Å². The van der Waals surface area contributed by atoms with Crippen LogP contribution in [0.2, 0.25) is 0 Å². The third-order valence-electron chi connectivity index (χ3n) is 2.35. The Morgan fingerprint density at radius 2 is 2.00 bits per heavy atom. The molecule has 0 fully saturated rings. The van der Waals surface area contributed by atoms with Gasteiger partial charge < -0.3 is 9.84 Å². The fourth-order valence-corrected chi connectivity index (χ4v) is 1.53. The summed E-state index contributed by atoms with van der Waals surface area (Å²) in [4.78, 5) is 4.05. The summed E-state index contributed by atoms with van der Waals surface area (Å²) in [5.41, 5.74) is 1.74. The van der Waals surface area contributed by atoms with E-state index in [9.17, 15) is 5.11 Å². The maximum Gasteiger partial charge on any atom is 0.139 e. The first-order valence-corrected chi connectivity index (χ1v) is 6.22. The number of ether oxygens (including phenoxy) is 1. The van der Waals surface area contributed by atoms with Gasteiger partial charge in [-0.05, 0) is 23.8 Å². The molecule has 0 aliphatic carbocycles. The smallest absolute Gasteiger partial charge is 0.139 e. The third kappa shape index (κ3) is 4.20. The van der Waals surface area contributed by atoms with Gasteiger partial charge in [-0.3, -0.25) is 4.98 Å². The van der Waals surface area contributed by atoms with Gasteiger partial charge in [-0.15, -0.1) is 11.6 Å². The fraction of sp³-hybridized carbons (Fsp3) is 0.133. The number of phenolic OH excluding ortho intramolecular Hbond substituents is 1. The molecule has 0 saturated heterocycles. The van der Waals surface area contributed by atoms with Gasteiger partial charge in [0, 0.05) is 11.8 Å². The van der Waals surface area contributed by atoms with E-state index in [0.717, 1.165) is 11.1 Å². The quantitative estimate of drug-likeness (QED) is 0.691. The van der Waals surface area contributed by atoms with Gasteiger partial charge in [0.05, 0.1) is 12.1 Å². The number of aromatic nitrogens is 1. The third-order valence-corrected chi connectivity index (χ3v) is 2.49. The van der Waals surface area contributed by atoms with Gasteiger partial charge in [0.1, 0.15) is 18.1 Å².